The lowest BCUT2D eigenvalue weighted by atomic mass is 10.2. The standard InChI is InChI=1S/C11H5Cl2N3/c12-7-1-2-10(13)9(5-7)11-15-4-3-8(6-14)16-11/h1-5H. The van der Waals surface area contributed by atoms with E-state index >= 15 is 0 Å². The average molecular weight is 250 g/mol. The van der Waals surface area contributed by atoms with Crippen LogP contribution in [0.3, 0.4) is 0 Å². The Hall–Kier alpha value is -1.63. The van der Waals surface area contributed by atoms with Crippen LogP contribution in [-0.2, 0) is 0 Å². The fraction of sp³-hybridized carbons (Fsp3) is 0. The van der Waals surface area contributed by atoms with Crippen molar-refractivity contribution >= 4 is 23.2 Å². The third kappa shape index (κ3) is 2.13. The molecule has 0 saturated carbocycles. The minimum Gasteiger partial charge on any atom is -0.236 e. The van der Waals surface area contributed by atoms with Crippen LogP contribution < -0.4 is 0 Å². The zero-order valence-corrected chi connectivity index (χ0v) is 9.50. The molecule has 1 aromatic heterocycles. The molecule has 0 spiro atoms. The number of halogens is 2. The molecule has 0 aliphatic rings. The van der Waals surface area contributed by atoms with Gasteiger partial charge in [0.25, 0.3) is 0 Å². The molecule has 3 nitrogen and oxygen atoms in total. The lowest BCUT2D eigenvalue weighted by molar-refractivity contribution is 1.15. The van der Waals surface area contributed by atoms with Crippen LogP contribution in [-0.4, -0.2) is 9.97 Å². The summed E-state index contributed by atoms with van der Waals surface area (Å²) in [5, 5.41) is 9.78. The summed E-state index contributed by atoms with van der Waals surface area (Å²) in [6.07, 6.45) is 1.51. The largest absolute Gasteiger partial charge is 0.236 e. The van der Waals surface area contributed by atoms with E-state index in [-0.39, 0.29) is 0 Å². The maximum Gasteiger partial charge on any atom is 0.162 e. The summed E-state index contributed by atoms with van der Waals surface area (Å²) in [7, 11) is 0. The van der Waals surface area contributed by atoms with E-state index in [9.17, 15) is 0 Å². The van der Waals surface area contributed by atoms with Crippen molar-refractivity contribution in [2.24, 2.45) is 0 Å². The number of benzene rings is 1. The van der Waals surface area contributed by atoms with Crippen LogP contribution in [0.25, 0.3) is 11.4 Å². The fourth-order valence-corrected chi connectivity index (χ4v) is 1.59. The first kappa shape index (κ1) is 10.9. The highest BCUT2D eigenvalue weighted by Gasteiger charge is 2.07. The first-order valence-electron chi connectivity index (χ1n) is 4.39. The molecular weight excluding hydrogens is 245 g/mol. The molecule has 0 unspecified atom stereocenters. The maximum absolute atomic E-state index is 8.73. The lowest BCUT2D eigenvalue weighted by Crippen LogP contribution is -1.92. The van der Waals surface area contributed by atoms with Crippen LogP contribution in [0.15, 0.2) is 30.5 Å². The number of nitrogens with zero attached hydrogens (tertiary/aromatic N) is 3. The summed E-state index contributed by atoms with van der Waals surface area (Å²) >= 11 is 11.9. The first-order valence-corrected chi connectivity index (χ1v) is 5.15. The second-order valence-corrected chi connectivity index (χ2v) is 3.85. The van der Waals surface area contributed by atoms with Crippen LogP contribution in [0.2, 0.25) is 10.0 Å². The van der Waals surface area contributed by atoms with Crippen LogP contribution in [0.1, 0.15) is 5.69 Å². The van der Waals surface area contributed by atoms with E-state index in [4.69, 9.17) is 28.5 Å². The van der Waals surface area contributed by atoms with Crippen molar-refractivity contribution in [1.29, 1.82) is 5.26 Å². The Morgan fingerprint density at radius 1 is 1.19 bits per heavy atom. The van der Waals surface area contributed by atoms with Gasteiger partial charge >= 0.3 is 0 Å². The molecule has 0 aliphatic carbocycles. The second-order valence-electron chi connectivity index (χ2n) is 3.00. The van der Waals surface area contributed by atoms with Crippen molar-refractivity contribution in [3.63, 3.8) is 0 Å². The highest BCUT2D eigenvalue weighted by molar-refractivity contribution is 6.35. The van der Waals surface area contributed by atoms with Crippen molar-refractivity contribution in [2.45, 2.75) is 0 Å². The maximum atomic E-state index is 8.73. The smallest absolute Gasteiger partial charge is 0.162 e. The number of aromatic nitrogens is 2. The van der Waals surface area contributed by atoms with Gasteiger partial charge < -0.3 is 0 Å². The molecule has 5 heteroatoms. The average Bonchev–Trinajstić information content (AvgIpc) is 2.32. The summed E-state index contributed by atoms with van der Waals surface area (Å²) in [4.78, 5) is 8.10. The molecule has 0 fully saturated rings. The van der Waals surface area contributed by atoms with Gasteiger partial charge in [0.15, 0.2) is 5.82 Å². The van der Waals surface area contributed by atoms with E-state index < -0.39 is 0 Å². The molecule has 0 atom stereocenters. The van der Waals surface area contributed by atoms with Crippen molar-refractivity contribution in [3.8, 4) is 17.5 Å². The monoisotopic (exact) mass is 249 g/mol. The predicted molar refractivity (Wildman–Crippen MR) is 62.2 cm³/mol. The molecule has 0 radical (unpaired) electrons. The van der Waals surface area contributed by atoms with Gasteiger partial charge in [-0.3, -0.25) is 0 Å². The van der Waals surface area contributed by atoms with Gasteiger partial charge in [0.2, 0.25) is 0 Å². The Morgan fingerprint density at radius 2 is 2.00 bits per heavy atom. The molecule has 1 aromatic carbocycles. The fourth-order valence-electron chi connectivity index (χ4n) is 1.22. The van der Waals surface area contributed by atoms with Gasteiger partial charge in [-0.05, 0) is 24.3 Å². The van der Waals surface area contributed by atoms with Gasteiger partial charge in [-0.1, -0.05) is 23.2 Å². The molecule has 2 aromatic rings. The van der Waals surface area contributed by atoms with Crippen LogP contribution in [0, 0.1) is 11.3 Å². The van der Waals surface area contributed by atoms with Crippen LogP contribution >= 0.6 is 23.2 Å². The number of nitriles is 1. The number of rotatable bonds is 1. The molecule has 1 heterocycles. The van der Waals surface area contributed by atoms with Gasteiger partial charge in [0, 0.05) is 16.8 Å². The third-order valence-electron chi connectivity index (χ3n) is 1.94. The van der Waals surface area contributed by atoms with Gasteiger partial charge in [0.05, 0.1) is 5.02 Å². The van der Waals surface area contributed by atoms with Crippen LogP contribution in [0.5, 0.6) is 0 Å². The van der Waals surface area contributed by atoms with Gasteiger partial charge in [-0.25, -0.2) is 9.97 Å². The third-order valence-corrected chi connectivity index (χ3v) is 2.50. The minimum absolute atomic E-state index is 0.293. The van der Waals surface area contributed by atoms with E-state index in [1.807, 2.05) is 6.07 Å². The Morgan fingerprint density at radius 3 is 2.75 bits per heavy atom. The highest BCUT2D eigenvalue weighted by Crippen LogP contribution is 2.27. The summed E-state index contributed by atoms with van der Waals surface area (Å²) in [5.74, 6) is 0.395. The zero-order chi connectivity index (χ0) is 11.5. The van der Waals surface area contributed by atoms with E-state index in [1.54, 1.807) is 18.2 Å². The van der Waals surface area contributed by atoms with E-state index in [2.05, 4.69) is 9.97 Å². The number of hydrogen-bond donors (Lipinski definition) is 0. The quantitative estimate of drug-likeness (QED) is 0.779. The zero-order valence-electron chi connectivity index (χ0n) is 7.98. The summed E-state index contributed by atoms with van der Waals surface area (Å²) in [6, 6.07) is 8.49. The lowest BCUT2D eigenvalue weighted by Gasteiger charge is -2.03. The molecule has 16 heavy (non-hydrogen) atoms. The van der Waals surface area contributed by atoms with Crippen LogP contribution in [0.4, 0.5) is 0 Å². The molecule has 2 rings (SSSR count). The molecule has 0 saturated heterocycles. The van der Waals surface area contributed by atoms with E-state index in [0.717, 1.165) is 0 Å². The normalized spacial score (nSPS) is 9.81. The Bertz CT molecular complexity index is 576. The molecule has 0 aliphatic heterocycles. The van der Waals surface area contributed by atoms with Crippen molar-refractivity contribution < 1.29 is 0 Å². The van der Waals surface area contributed by atoms with Crippen molar-refractivity contribution in [2.75, 3.05) is 0 Å². The molecule has 0 amide bonds. The van der Waals surface area contributed by atoms with E-state index in [1.165, 1.54) is 12.3 Å². The predicted octanol–water partition coefficient (Wildman–Crippen LogP) is 3.32. The molecular formula is C11H5Cl2N3. The number of hydrogen-bond acceptors (Lipinski definition) is 3. The second kappa shape index (κ2) is 4.48. The summed E-state index contributed by atoms with van der Waals surface area (Å²) in [5.41, 5.74) is 0.910. The van der Waals surface area contributed by atoms with Gasteiger partial charge in [-0.15, -0.1) is 0 Å². The van der Waals surface area contributed by atoms with Gasteiger partial charge in [-0.2, -0.15) is 5.26 Å². The van der Waals surface area contributed by atoms with Crippen molar-refractivity contribution in [1.82, 2.24) is 9.97 Å². The van der Waals surface area contributed by atoms with Crippen molar-refractivity contribution in [3.05, 3.63) is 46.2 Å². The summed E-state index contributed by atoms with van der Waals surface area (Å²) in [6.45, 7) is 0. The SMILES string of the molecule is N#Cc1ccnc(-c2cc(Cl)ccc2Cl)n1. The minimum atomic E-state index is 0.293. The molecule has 0 bridgehead atoms. The topological polar surface area (TPSA) is 49.6 Å². The highest BCUT2D eigenvalue weighted by atomic mass is 35.5. The Labute approximate surface area is 102 Å². The Balaban J connectivity index is 2.58. The summed E-state index contributed by atoms with van der Waals surface area (Å²) < 4.78 is 0. The molecule has 78 valence electrons. The Kier molecular flexibility index (Phi) is 3.04. The van der Waals surface area contributed by atoms with E-state index in [0.29, 0.717) is 27.1 Å². The first-order chi connectivity index (χ1) is 7.70. The van der Waals surface area contributed by atoms with Gasteiger partial charge in [0.1, 0.15) is 11.8 Å². The molecule has 0 N–H and O–H groups in total.